The molecule has 0 fully saturated rings. The molecule has 2 aromatic carbocycles. The number of benzene rings is 2. The molecule has 12 N–H and O–H groups in total. The minimum Gasteiger partial charge on any atom is -0.481 e. The molecule has 0 saturated heterocycles. The highest BCUT2D eigenvalue weighted by Gasteiger charge is 2.22. The number of carboxylic acids is 4. The van der Waals surface area contributed by atoms with Gasteiger partial charge in [-0.1, -0.05) is 0 Å². The van der Waals surface area contributed by atoms with Gasteiger partial charge in [-0.15, -0.1) is 0 Å². The van der Waals surface area contributed by atoms with Crippen LogP contribution in [0.4, 0.5) is 17.3 Å². The molecule has 0 spiro atoms. The molecule has 2 aromatic heterocycles. The van der Waals surface area contributed by atoms with Gasteiger partial charge in [-0.05, 0) is 61.4 Å². The molecule has 20 nitrogen and oxygen atoms in total. The number of nitrogens with one attached hydrogen (secondary N) is 4. The summed E-state index contributed by atoms with van der Waals surface area (Å²) in [4.78, 5) is 93.6. The third-order valence-electron chi connectivity index (χ3n) is 6.78. The van der Waals surface area contributed by atoms with Crippen molar-refractivity contribution in [3.8, 4) is 0 Å². The first kappa shape index (κ1) is 38.3. The van der Waals surface area contributed by atoms with Crippen molar-refractivity contribution in [2.45, 2.75) is 44.3 Å². The van der Waals surface area contributed by atoms with E-state index < -0.39 is 53.3 Å². The highest BCUT2D eigenvalue weighted by atomic mass is 16.4. The van der Waals surface area contributed by atoms with Crippen LogP contribution in [-0.4, -0.2) is 88.1 Å². The van der Waals surface area contributed by atoms with Gasteiger partial charge in [0, 0.05) is 35.3 Å². The molecule has 0 saturated carbocycles. The number of anilines is 3. The quantitative estimate of drug-likeness (QED) is 0.0741. The number of H-pyrrole nitrogens is 1. The number of nitrogens with zero attached hydrogens (tertiary/aromatic N) is 3. The second-order valence-electron chi connectivity index (χ2n) is 10.6. The third-order valence-corrected chi connectivity index (χ3v) is 6.78. The lowest BCUT2D eigenvalue weighted by Crippen LogP contribution is -2.41. The Morgan fingerprint density at radius 2 is 1.22 bits per heavy atom. The van der Waals surface area contributed by atoms with E-state index in [-0.39, 0.29) is 60.5 Å². The first-order valence-electron chi connectivity index (χ1n) is 14.8. The Morgan fingerprint density at radius 3 is 1.69 bits per heavy atom. The Morgan fingerprint density at radius 1 is 0.725 bits per heavy atom. The minimum absolute atomic E-state index is 0.0524. The number of fused-ring (bicyclic) bond motifs is 1. The number of hydrogen-bond acceptors (Lipinski definition) is 13. The smallest absolute Gasteiger partial charge is 0.326 e. The monoisotopic (exact) mass is 707 g/mol. The first-order valence-corrected chi connectivity index (χ1v) is 14.8. The van der Waals surface area contributed by atoms with E-state index in [1.54, 1.807) is 12.1 Å². The minimum atomic E-state index is -1.31. The molecule has 0 aliphatic heterocycles. The lowest BCUT2D eigenvalue weighted by Gasteiger charge is -2.14. The molecule has 0 bridgehead atoms. The summed E-state index contributed by atoms with van der Waals surface area (Å²) in [7, 11) is 0. The maximum Gasteiger partial charge on any atom is 0.326 e. The molecule has 268 valence electrons. The fraction of sp³-hybridized carbons (Fsp3) is 0.226. The lowest BCUT2D eigenvalue weighted by atomic mass is 10.1. The zero-order valence-electron chi connectivity index (χ0n) is 26.5. The maximum atomic E-state index is 12.3. The molecule has 2 amide bonds. The van der Waals surface area contributed by atoms with Gasteiger partial charge in [0.1, 0.15) is 12.1 Å². The van der Waals surface area contributed by atoms with E-state index in [0.29, 0.717) is 17.1 Å². The van der Waals surface area contributed by atoms with E-state index in [1.165, 1.54) is 42.6 Å². The summed E-state index contributed by atoms with van der Waals surface area (Å²) in [5.74, 6) is -6.13. The number of amides is 2. The zero-order chi connectivity index (χ0) is 37.7. The summed E-state index contributed by atoms with van der Waals surface area (Å²) >= 11 is 0. The van der Waals surface area contributed by atoms with Crippen LogP contribution in [-0.2, 0) is 25.7 Å². The van der Waals surface area contributed by atoms with Crippen LogP contribution in [0.25, 0.3) is 11.2 Å². The second kappa shape index (κ2) is 17.9. The van der Waals surface area contributed by atoms with E-state index in [4.69, 9.17) is 31.9 Å². The Hall–Kier alpha value is -7.12. The van der Waals surface area contributed by atoms with Gasteiger partial charge < -0.3 is 47.8 Å². The number of aromatic amines is 1. The largest absolute Gasteiger partial charge is 0.481 e. The topological polar surface area (TPSA) is 343 Å². The summed E-state index contributed by atoms with van der Waals surface area (Å²) in [5, 5.41) is 42.9. The average molecular weight is 708 g/mol. The van der Waals surface area contributed by atoms with Crippen LogP contribution in [0.2, 0.25) is 0 Å². The highest BCUT2D eigenvalue weighted by Crippen LogP contribution is 2.13. The van der Waals surface area contributed by atoms with Crippen LogP contribution in [0.3, 0.4) is 0 Å². The summed E-state index contributed by atoms with van der Waals surface area (Å²) < 4.78 is 0. The normalized spacial score (nSPS) is 11.6. The molecule has 51 heavy (non-hydrogen) atoms. The van der Waals surface area contributed by atoms with Crippen molar-refractivity contribution in [1.29, 1.82) is 0 Å². The number of aromatic nitrogens is 4. The molecule has 1 unspecified atom stereocenters. The number of hydrogen-bond donors (Lipinski definition) is 10. The summed E-state index contributed by atoms with van der Waals surface area (Å²) in [6, 6.07) is 9.58. The number of aliphatic carboxylic acids is 4. The summed E-state index contributed by atoms with van der Waals surface area (Å²) in [6.07, 6.45) is 0.331. The number of carboxylic acid groups (broad SMARTS) is 4. The Labute approximate surface area is 286 Å². The van der Waals surface area contributed by atoms with E-state index in [2.05, 4.69) is 35.9 Å². The molecule has 20 heteroatoms. The number of carbonyl (C=O) groups is 6. The molecule has 2 atom stereocenters. The number of nitrogens with two attached hydrogens (primary N) is 2. The predicted octanol–water partition coefficient (Wildman–Crippen LogP) is 0.272. The van der Waals surface area contributed by atoms with E-state index in [1.807, 2.05) is 0 Å². The van der Waals surface area contributed by atoms with Gasteiger partial charge >= 0.3 is 23.9 Å². The fourth-order valence-corrected chi connectivity index (χ4v) is 4.16. The molecular weight excluding hydrogens is 674 g/mol. The van der Waals surface area contributed by atoms with Gasteiger partial charge in [0.25, 0.3) is 17.4 Å². The fourth-order valence-electron chi connectivity index (χ4n) is 4.16. The molecule has 2 heterocycles. The average Bonchev–Trinajstić information content (AvgIpc) is 3.07. The van der Waals surface area contributed by atoms with Crippen LogP contribution < -0.4 is 33.0 Å². The SMILES string of the molecule is Nc1ccc(C(=O)N[C@@H](CCC(=O)O)C(=O)O)cc1.Nc1nc2ncc(CNc3ccc(C(=O)NC(CCC(=O)O)C(=O)O)cc3)nc2c(=O)[nH]1. The van der Waals surface area contributed by atoms with Crippen molar-refractivity contribution in [3.63, 3.8) is 0 Å². The predicted molar refractivity (Wildman–Crippen MR) is 179 cm³/mol. The van der Waals surface area contributed by atoms with Crippen LogP contribution in [0.1, 0.15) is 52.1 Å². The number of rotatable bonds is 15. The van der Waals surface area contributed by atoms with Crippen LogP contribution >= 0.6 is 0 Å². The van der Waals surface area contributed by atoms with Crippen molar-refractivity contribution in [2.75, 3.05) is 16.8 Å². The Kier molecular flexibility index (Phi) is 13.4. The van der Waals surface area contributed by atoms with Crippen LogP contribution in [0.15, 0.2) is 59.5 Å². The van der Waals surface area contributed by atoms with E-state index in [0.717, 1.165) is 0 Å². The summed E-state index contributed by atoms with van der Waals surface area (Å²) in [6.45, 7) is 0.231. The summed E-state index contributed by atoms with van der Waals surface area (Å²) in [5.41, 5.74) is 12.7. The van der Waals surface area contributed by atoms with Crippen LogP contribution in [0, 0.1) is 0 Å². The highest BCUT2D eigenvalue weighted by molar-refractivity contribution is 5.97. The van der Waals surface area contributed by atoms with Gasteiger partial charge in [-0.3, -0.25) is 29.0 Å². The van der Waals surface area contributed by atoms with Gasteiger partial charge in [0.2, 0.25) is 5.95 Å². The Bertz CT molecular complexity index is 1970. The van der Waals surface area contributed by atoms with Gasteiger partial charge in [-0.2, -0.15) is 4.98 Å². The lowest BCUT2D eigenvalue weighted by molar-refractivity contribution is -0.142. The van der Waals surface area contributed by atoms with Crippen molar-refractivity contribution in [2.24, 2.45) is 0 Å². The van der Waals surface area contributed by atoms with Crippen molar-refractivity contribution >= 4 is 64.2 Å². The third kappa shape index (κ3) is 12.1. The molecular formula is C31H33N9O11. The molecule has 0 aliphatic carbocycles. The molecule has 0 radical (unpaired) electrons. The molecule has 4 aromatic rings. The first-order chi connectivity index (χ1) is 24.1. The van der Waals surface area contributed by atoms with Crippen molar-refractivity contribution < 1.29 is 49.2 Å². The van der Waals surface area contributed by atoms with Gasteiger partial charge in [0.15, 0.2) is 11.2 Å². The number of carbonyl (C=O) groups excluding carboxylic acids is 2. The maximum absolute atomic E-state index is 12.3. The van der Waals surface area contributed by atoms with Crippen LogP contribution in [0.5, 0.6) is 0 Å². The van der Waals surface area contributed by atoms with Gasteiger partial charge in [-0.25, -0.2) is 19.6 Å². The van der Waals surface area contributed by atoms with Gasteiger partial charge in [0.05, 0.1) is 18.4 Å². The zero-order valence-corrected chi connectivity index (χ0v) is 26.5. The van der Waals surface area contributed by atoms with Crippen molar-refractivity contribution in [3.05, 3.63) is 81.9 Å². The number of nitrogen functional groups attached to an aromatic ring is 2. The Balaban J connectivity index is 0.000000316. The van der Waals surface area contributed by atoms with E-state index in [9.17, 15) is 33.6 Å². The van der Waals surface area contributed by atoms with E-state index >= 15 is 0 Å². The standard InChI is InChI=1S/C19H19N7O6.C12H14N2O5/c20-19-25-15-14(17(30)26-19)23-11(8-22-15)7-21-10-3-1-9(2-4-10)16(29)24-12(18(31)32)5-6-13(27)28;13-8-3-1-7(2-4-8)11(17)14-9(12(18)19)5-6-10(15)16/h1-4,8,12,21H,5-7H2,(H,24,29)(H,27,28)(H,31,32)(H3,20,22,25,26,30);1-4,9H,5-6,13H2,(H,14,17)(H,15,16)(H,18,19)/t;9-/m.0/s1. The molecule has 4 rings (SSSR count). The second-order valence-corrected chi connectivity index (χ2v) is 10.6. The molecule has 0 aliphatic rings. The van der Waals surface area contributed by atoms with Crippen molar-refractivity contribution in [1.82, 2.24) is 30.6 Å².